The van der Waals surface area contributed by atoms with Crippen molar-refractivity contribution in [2.45, 2.75) is 6.54 Å². The Morgan fingerprint density at radius 1 is 1.39 bits per heavy atom. The van der Waals surface area contributed by atoms with Crippen molar-refractivity contribution >= 4 is 43.7 Å². The molecule has 0 aliphatic carbocycles. The van der Waals surface area contributed by atoms with E-state index in [-0.39, 0.29) is 0 Å². The summed E-state index contributed by atoms with van der Waals surface area (Å²) in [5.74, 6) is 0.770. The molecule has 0 atom stereocenters. The maximum Gasteiger partial charge on any atom is 0.155 e. The second kappa shape index (κ2) is 4.68. The van der Waals surface area contributed by atoms with Crippen LogP contribution in [0.25, 0.3) is 5.65 Å². The number of rotatable bonds is 3. The standard InChI is InChI=1S/C11H10BrN5S/c12-11-7(6-13)14-9-4-3-8(16-17(9)11)15-10-2-1-5-18-10/h1-5H,6,13H2,(H,15,16). The molecule has 0 fully saturated rings. The third-order valence-corrected chi connectivity index (χ3v) is 4.03. The Bertz CT molecular complexity index is 676. The van der Waals surface area contributed by atoms with Crippen LogP contribution in [0.2, 0.25) is 0 Å². The van der Waals surface area contributed by atoms with E-state index in [1.165, 1.54) is 0 Å². The van der Waals surface area contributed by atoms with E-state index in [9.17, 15) is 0 Å². The lowest BCUT2D eigenvalue weighted by molar-refractivity contribution is 0.909. The van der Waals surface area contributed by atoms with Gasteiger partial charge in [0.05, 0.1) is 10.7 Å². The van der Waals surface area contributed by atoms with Crippen LogP contribution in [0.5, 0.6) is 0 Å². The largest absolute Gasteiger partial charge is 0.331 e. The smallest absolute Gasteiger partial charge is 0.155 e. The van der Waals surface area contributed by atoms with E-state index in [4.69, 9.17) is 5.73 Å². The van der Waals surface area contributed by atoms with Gasteiger partial charge in [0.1, 0.15) is 4.60 Å². The first-order chi connectivity index (χ1) is 8.78. The molecule has 5 nitrogen and oxygen atoms in total. The second-order valence-electron chi connectivity index (χ2n) is 3.64. The third-order valence-electron chi connectivity index (χ3n) is 2.45. The molecule has 0 aliphatic heterocycles. The van der Waals surface area contributed by atoms with Gasteiger partial charge >= 0.3 is 0 Å². The zero-order valence-corrected chi connectivity index (χ0v) is 11.7. The molecular formula is C11H10BrN5S. The minimum Gasteiger partial charge on any atom is -0.331 e. The second-order valence-corrected chi connectivity index (χ2v) is 5.34. The molecule has 3 heterocycles. The van der Waals surface area contributed by atoms with Crippen LogP contribution in [0.4, 0.5) is 10.8 Å². The van der Waals surface area contributed by atoms with Crippen molar-refractivity contribution in [1.29, 1.82) is 0 Å². The van der Waals surface area contributed by atoms with Gasteiger partial charge in [-0.15, -0.1) is 16.4 Å². The molecular weight excluding hydrogens is 314 g/mol. The van der Waals surface area contributed by atoms with Crippen molar-refractivity contribution in [2.24, 2.45) is 5.73 Å². The Labute approximate surface area is 116 Å². The number of nitrogens with one attached hydrogen (secondary N) is 1. The molecule has 3 aromatic rings. The summed E-state index contributed by atoms with van der Waals surface area (Å²) >= 11 is 5.09. The van der Waals surface area contributed by atoms with Crippen molar-refractivity contribution in [3.05, 3.63) is 39.9 Å². The van der Waals surface area contributed by atoms with Crippen molar-refractivity contribution < 1.29 is 0 Å². The van der Waals surface area contributed by atoms with Gasteiger partial charge in [-0.3, -0.25) is 0 Å². The van der Waals surface area contributed by atoms with Gasteiger partial charge in [-0.25, -0.2) is 9.50 Å². The highest BCUT2D eigenvalue weighted by molar-refractivity contribution is 9.10. The summed E-state index contributed by atoms with van der Waals surface area (Å²) in [4.78, 5) is 4.37. The Balaban J connectivity index is 2.02. The van der Waals surface area contributed by atoms with Crippen LogP contribution in [0.3, 0.4) is 0 Å². The summed E-state index contributed by atoms with van der Waals surface area (Å²) < 4.78 is 2.54. The zero-order chi connectivity index (χ0) is 12.5. The molecule has 0 radical (unpaired) electrons. The third kappa shape index (κ3) is 2.00. The van der Waals surface area contributed by atoms with E-state index in [1.807, 2.05) is 29.6 Å². The van der Waals surface area contributed by atoms with Crippen LogP contribution >= 0.6 is 27.3 Å². The van der Waals surface area contributed by atoms with Gasteiger partial charge in [0.15, 0.2) is 11.5 Å². The molecule has 0 saturated heterocycles. The van der Waals surface area contributed by atoms with Gasteiger partial charge in [0.2, 0.25) is 0 Å². The average molecular weight is 324 g/mol. The van der Waals surface area contributed by atoms with E-state index in [0.717, 1.165) is 26.8 Å². The fraction of sp³-hybridized carbons (Fsp3) is 0.0909. The summed E-state index contributed by atoms with van der Waals surface area (Å²) in [6.45, 7) is 0.387. The maximum atomic E-state index is 5.61. The Kier molecular flexibility index (Phi) is 3.02. The first-order valence-electron chi connectivity index (χ1n) is 5.32. The highest BCUT2D eigenvalue weighted by Gasteiger charge is 2.09. The molecule has 92 valence electrons. The van der Waals surface area contributed by atoms with Gasteiger partial charge in [-0.2, -0.15) is 0 Å². The predicted octanol–water partition coefficient (Wildman–Crippen LogP) is 2.76. The fourth-order valence-corrected chi connectivity index (χ4v) is 2.76. The molecule has 18 heavy (non-hydrogen) atoms. The van der Waals surface area contributed by atoms with E-state index in [2.05, 4.69) is 31.3 Å². The predicted molar refractivity (Wildman–Crippen MR) is 76.2 cm³/mol. The number of fused-ring (bicyclic) bond motifs is 1. The van der Waals surface area contributed by atoms with Crippen LogP contribution in [0.15, 0.2) is 34.2 Å². The number of nitrogens with two attached hydrogens (primary N) is 1. The van der Waals surface area contributed by atoms with Crippen LogP contribution < -0.4 is 11.1 Å². The summed E-state index contributed by atoms with van der Waals surface area (Å²) in [6, 6.07) is 7.80. The van der Waals surface area contributed by atoms with Gasteiger partial charge in [0, 0.05) is 6.54 Å². The SMILES string of the molecule is NCc1nc2ccc(Nc3cccs3)nn2c1Br. The van der Waals surface area contributed by atoms with Crippen molar-refractivity contribution in [1.82, 2.24) is 14.6 Å². The molecule has 0 amide bonds. The number of hydrogen-bond acceptors (Lipinski definition) is 5. The van der Waals surface area contributed by atoms with Crippen LogP contribution in [-0.4, -0.2) is 14.6 Å². The normalized spacial score (nSPS) is 11.0. The molecule has 0 bridgehead atoms. The lowest BCUT2D eigenvalue weighted by Crippen LogP contribution is -1.99. The number of imidazole rings is 1. The minimum atomic E-state index is 0.387. The first-order valence-corrected chi connectivity index (χ1v) is 7.00. The fourth-order valence-electron chi connectivity index (χ4n) is 1.62. The molecule has 0 aromatic carbocycles. The van der Waals surface area contributed by atoms with Crippen LogP contribution in [0.1, 0.15) is 5.69 Å². The maximum absolute atomic E-state index is 5.61. The Morgan fingerprint density at radius 3 is 3.00 bits per heavy atom. The minimum absolute atomic E-state index is 0.387. The molecule has 0 saturated carbocycles. The van der Waals surface area contributed by atoms with Crippen molar-refractivity contribution in [2.75, 3.05) is 5.32 Å². The lowest BCUT2D eigenvalue weighted by atomic mass is 10.5. The lowest BCUT2D eigenvalue weighted by Gasteiger charge is -2.03. The molecule has 7 heteroatoms. The zero-order valence-electron chi connectivity index (χ0n) is 9.30. The van der Waals surface area contributed by atoms with Gasteiger partial charge in [-0.1, -0.05) is 0 Å². The summed E-state index contributed by atoms with van der Waals surface area (Å²) in [5, 5.41) is 10.8. The quantitative estimate of drug-likeness (QED) is 0.777. The highest BCUT2D eigenvalue weighted by Crippen LogP contribution is 2.22. The number of hydrogen-bond donors (Lipinski definition) is 2. The summed E-state index contributed by atoms with van der Waals surface area (Å²) in [7, 11) is 0. The molecule has 0 spiro atoms. The molecule has 3 aromatic heterocycles. The highest BCUT2D eigenvalue weighted by atomic mass is 79.9. The average Bonchev–Trinajstić information content (AvgIpc) is 2.99. The van der Waals surface area contributed by atoms with E-state index >= 15 is 0 Å². The van der Waals surface area contributed by atoms with Gasteiger partial charge in [-0.05, 0) is 45.6 Å². The number of aromatic nitrogens is 3. The molecule has 0 unspecified atom stereocenters. The van der Waals surface area contributed by atoms with Crippen molar-refractivity contribution in [3.63, 3.8) is 0 Å². The van der Waals surface area contributed by atoms with Crippen molar-refractivity contribution in [3.8, 4) is 0 Å². The number of anilines is 2. The van der Waals surface area contributed by atoms with E-state index < -0.39 is 0 Å². The summed E-state index contributed by atoms with van der Waals surface area (Å²) in [6.07, 6.45) is 0. The van der Waals surface area contributed by atoms with Gasteiger partial charge < -0.3 is 11.1 Å². The Hall–Kier alpha value is -1.44. The molecule has 3 rings (SSSR count). The number of halogens is 1. The molecule has 3 N–H and O–H groups in total. The summed E-state index contributed by atoms with van der Waals surface area (Å²) in [5.41, 5.74) is 7.19. The number of nitrogens with zero attached hydrogens (tertiary/aromatic N) is 3. The molecule has 0 aliphatic rings. The first kappa shape index (κ1) is 11.6. The Morgan fingerprint density at radius 2 is 2.28 bits per heavy atom. The van der Waals surface area contributed by atoms with E-state index in [1.54, 1.807) is 15.9 Å². The van der Waals surface area contributed by atoms with Gasteiger partial charge in [0.25, 0.3) is 0 Å². The monoisotopic (exact) mass is 323 g/mol. The topological polar surface area (TPSA) is 68.2 Å². The van der Waals surface area contributed by atoms with E-state index in [0.29, 0.717) is 6.54 Å². The number of thiophene rings is 1. The van der Waals surface area contributed by atoms with Crippen LogP contribution in [0, 0.1) is 0 Å². The van der Waals surface area contributed by atoms with Crippen LogP contribution in [-0.2, 0) is 6.54 Å².